The summed E-state index contributed by atoms with van der Waals surface area (Å²) in [5, 5.41) is 9.69. The second-order valence-electron chi connectivity index (χ2n) is 7.91. The number of morpholine rings is 1. The number of sulfonamides is 1. The van der Waals surface area contributed by atoms with Crippen molar-refractivity contribution in [3.8, 4) is 22.7 Å². The van der Waals surface area contributed by atoms with Crippen molar-refractivity contribution in [1.29, 1.82) is 0 Å². The van der Waals surface area contributed by atoms with E-state index in [1.165, 1.54) is 12.1 Å². The van der Waals surface area contributed by atoms with E-state index < -0.39 is 16.0 Å². The lowest BCUT2D eigenvalue weighted by Crippen LogP contribution is -2.38. The number of benzene rings is 2. The number of rotatable bonds is 9. The highest BCUT2D eigenvalue weighted by Gasteiger charge is 2.19. The van der Waals surface area contributed by atoms with Crippen LogP contribution in [0.2, 0.25) is 0 Å². The van der Waals surface area contributed by atoms with E-state index in [0.717, 1.165) is 24.4 Å². The van der Waals surface area contributed by atoms with Gasteiger partial charge in [-0.2, -0.15) is 5.10 Å². The molecule has 1 aliphatic rings. The zero-order valence-electron chi connectivity index (χ0n) is 19.4. The van der Waals surface area contributed by atoms with Crippen LogP contribution in [0.3, 0.4) is 0 Å². The molecular weight excluding hydrogens is 472 g/mol. The van der Waals surface area contributed by atoms with Crippen LogP contribution in [0.15, 0.2) is 59.5 Å². The van der Waals surface area contributed by atoms with Gasteiger partial charge in [0.2, 0.25) is 10.0 Å². The Bertz CT molecular complexity index is 1250. The Kier molecular flexibility index (Phi) is 7.81. The third-order valence-corrected chi connectivity index (χ3v) is 6.46. The largest absolute Gasteiger partial charge is 0.494 e. The summed E-state index contributed by atoms with van der Waals surface area (Å²) in [7, 11) is -3.83. The molecule has 2 N–H and O–H groups in total. The number of primary sulfonamides is 1. The quantitative estimate of drug-likeness (QED) is 0.443. The second-order valence-corrected chi connectivity index (χ2v) is 9.47. The molecule has 11 heteroatoms. The second kappa shape index (κ2) is 11.0. The van der Waals surface area contributed by atoms with Crippen molar-refractivity contribution in [3.63, 3.8) is 0 Å². The van der Waals surface area contributed by atoms with E-state index in [1.54, 1.807) is 22.9 Å². The van der Waals surface area contributed by atoms with Crippen molar-refractivity contribution in [2.45, 2.75) is 11.8 Å². The van der Waals surface area contributed by atoms with Crippen LogP contribution in [0.25, 0.3) is 16.9 Å². The number of carbonyl (C=O) groups excluding carboxylic acids is 1. The maximum absolute atomic E-state index is 12.8. The van der Waals surface area contributed by atoms with Gasteiger partial charge in [0.1, 0.15) is 12.4 Å². The van der Waals surface area contributed by atoms with E-state index in [9.17, 15) is 13.2 Å². The minimum Gasteiger partial charge on any atom is -0.494 e. The Morgan fingerprint density at radius 3 is 2.40 bits per heavy atom. The van der Waals surface area contributed by atoms with Crippen molar-refractivity contribution in [3.05, 3.63) is 60.3 Å². The summed E-state index contributed by atoms with van der Waals surface area (Å²) in [4.78, 5) is 14.9. The Morgan fingerprint density at radius 2 is 1.77 bits per heavy atom. The molecule has 3 aromatic rings. The van der Waals surface area contributed by atoms with Gasteiger partial charge in [-0.05, 0) is 61.5 Å². The molecule has 0 saturated carbocycles. The van der Waals surface area contributed by atoms with Crippen LogP contribution in [0, 0.1) is 0 Å². The molecular formula is C24H28N4O6S. The summed E-state index contributed by atoms with van der Waals surface area (Å²) >= 11 is 0. The zero-order valence-corrected chi connectivity index (χ0v) is 20.2. The highest BCUT2D eigenvalue weighted by molar-refractivity contribution is 7.89. The van der Waals surface area contributed by atoms with Gasteiger partial charge in [-0.3, -0.25) is 4.90 Å². The van der Waals surface area contributed by atoms with Crippen molar-refractivity contribution in [2.75, 3.05) is 46.1 Å². The Balaban J connectivity index is 1.60. The average Bonchev–Trinajstić information content (AvgIpc) is 3.31. The summed E-state index contributed by atoms with van der Waals surface area (Å²) in [6.45, 7) is 6.29. The topological polar surface area (TPSA) is 126 Å². The molecule has 0 atom stereocenters. The molecule has 1 saturated heterocycles. The van der Waals surface area contributed by atoms with Crippen LogP contribution >= 0.6 is 0 Å². The highest BCUT2D eigenvalue weighted by Crippen LogP contribution is 2.27. The van der Waals surface area contributed by atoms with Crippen LogP contribution in [-0.2, 0) is 19.5 Å². The van der Waals surface area contributed by atoms with Gasteiger partial charge >= 0.3 is 5.97 Å². The van der Waals surface area contributed by atoms with Gasteiger partial charge in [0, 0.05) is 25.2 Å². The summed E-state index contributed by atoms with van der Waals surface area (Å²) in [5.74, 6) is 0.188. The van der Waals surface area contributed by atoms with Gasteiger partial charge in [-0.25, -0.2) is 23.0 Å². The Labute approximate surface area is 204 Å². The maximum Gasteiger partial charge on any atom is 0.358 e. The van der Waals surface area contributed by atoms with E-state index in [0.29, 0.717) is 37.7 Å². The van der Waals surface area contributed by atoms with E-state index in [1.807, 2.05) is 31.2 Å². The number of esters is 1. The normalized spacial score (nSPS) is 14.6. The molecule has 0 bridgehead atoms. The molecule has 0 aliphatic carbocycles. The SMILES string of the molecule is CCOc1ccc(-c2cc(C(=O)OCCN3CCOCC3)nn2-c2ccc(S(N)(=O)=O)cc2)cc1. The van der Waals surface area contributed by atoms with E-state index in [4.69, 9.17) is 19.3 Å². The van der Waals surface area contributed by atoms with Gasteiger partial charge in [0.25, 0.3) is 0 Å². The van der Waals surface area contributed by atoms with Gasteiger partial charge in [-0.1, -0.05) is 0 Å². The van der Waals surface area contributed by atoms with E-state index in [2.05, 4.69) is 10.00 Å². The van der Waals surface area contributed by atoms with Gasteiger partial charge < -0.3 is 14.2 Å². The monoisotopic (exact) mass is 500 g/mol. The van der Waals surface area contributed by atoms with Crippen LogP contribution in [-0.4, -0.2) is 75.1 Å². The predicted molar refractivity (Wildman–Crippen MR) is 129 cm³/mol. The molecule has 0 unspecified atom stereocenters. The van der Waals surface area contributed by atoms with Crippen LogP contribution in [0.5, 0.6) is 5.75 Å². The third-order valence-electron chi connectivity index (χ3n) is 5.53. The first-order chi connectivity index (χ1) is 16.8. The minimum atomic E-state index is -3.83. The molecule has 1 aromatic heterocycles. The molecule has 4 rings (SSSR count). The lowest BCUT2D eigenvalue weighted by atomic mass is 10.1. The van der Waals surface area contributed by atoms with Gasteiger partial charge in [0.15, 0.2) is 5.69 Å². The number of ether oxygens (including phenoxy) is 3. The van der Waals surface area contributed by atoms with E-state index >= 15 is 0 Å². The Morgan fingerprint density at radius 1 is 1.09 bits per heavy atom. The molecule has 0 spiro atoms. The molecule has 1 fully saturated rings. The number of nitrogens with two attached hydrogens (primary N) is 1. The summed E-state index contributed by atoms with van der Waals surface area (Å²) in [6, 6.07) is 15.0. The van der Waals surface area contributed by atoms with Crippen LogP contribution in [0.1, 0.15) is 17.4 Å². The summed E-state index contributed by atoms with van der Waals surface area (Å²) in [6.07, 6.45) is 0. The number of hydrogen-bond donors (Lipinski definition) is 1. The Hall–Kier alpha value is -3.25. The fraction of sp³-hybridized carbons (Fsp3) is 0.333. The smallest absolute Gasteiger partial charge is 0.358 e. The van der Waals surface area contributed by atoms with Crippen molar-refractivity contribution in [1.82, 2.24) is 14.7 Å². The molecule has 1 aliphatic heterocycles. The van der Waals surface area contributed by atoms with Crippen molar-refractivity contribution >= 4 is 16.0 Å². The van der Waals surface area contributed by atoms with Crippen molar-refractivity contribution in [2.24, 2.45) is 5.14 Å². The molecule has 10 nitrogen and oxygen atoms in total. The third kappa shape index (κ3) is 6.25. The van der Waals surface area contributed by atoms with E-state index in [-0.39, 0.29) is 17.2 Å². The first kappa shape index (κ1) is 24.9. The lowest BCUT2D eigenvalue weighted by Gasteiger charge is -2.26. The van der Waals surface area contributed by atoms with Crippen LogP contribution in [0.4, 0.5) is 0 Å². The first-order valence-electron chi connectivity index (χ1n) is 11.3. The molecule has 0 amide bonds. The number of nitrogens with zero attached hydrogens (tertiary/aromatic N) is 3. The lowest BCUT2D eigenvalue weighted by molar-refractivity contribution is 0.0193. The number of aromatic nitrogens is 2. The zero-order chi connectivity index (χ0) is 24.8. The molecule has 2 aromatic carbocycles. The molecule has 0 radical (unpaired) electrons. The van der Waals surface area contributed by atoms with Crippen molar-refractivity contribution < 1.29 is 27.4 Å². The summed E-state index contributed by atoms with van der Waals surface area (Å²) in [5.41, 5.74) is 2.14. The summed E-state index contributed by atoms with van der Waals surface area (Å²) < 4.78 is 41.2. The molecule has 2 heterocycles. The first-order valence-corrected chi connectivity index (χ1v) is 12.8. The standard InChI is InChI=1S/C24H28N4O6S/c1-2-33-20-7-3-18(4-8-20)23-17-22(24(29)34-16-13-27-11-14-32-15-12-27)26-28(23)19-5-9-21(10-6-19)35(25,30)31/h3-10,17H,2,11-16H2,1H3,(H2,25,30,31). The fourth-order valence-corrected chi connectivity index (χ4v) is 4.23. The number of carbonyl (C=O) groups is 1. The van der Waals surface area contributed by atoms with Gasteiger partial charge in [0.05, 0.1) is 36.1 Å². The van der Waals surface area contributed by atoms with Gasteiger partial charge in [-0.15, -0.1) is 0 Å². The molecule has 35 heavy (non-hydrogen) atoms. The fourth-order valence-electron chi connectivity index (χ4n) is 3.72. The number of hydrogen-bond acceptors (Lipinski definition) is 8. The molecule has 186 valence electrons. The minimum absolute atomic E-state index is 0.0150. The highest BCUT2D eigenvalue weighted by atomic mass is 32.2. The van der Waals surface area contributed by atoms with Crippen LogP contribution < -0.4 is 9.88 Å². The average molecular weight is 501 g/mol. The predicted octanol–water partition coefficient (Wildman–Crippen LogP) is 2.07. The maximum atomic E-state index is 12.8.